The van der Waals surface area contributed by atoms with Crippen molar-refractivity contribution < 1.29 is 0 Å². The van der Waals surface area contributed by atoms with Gasteiger partial charge in [-0.25, -0.2) is 4.98 Å². The molecule has 3 aromatic rings. The summed E-state index contributed by atoms with van der Waals surface area (Å²) in [6, 6.07) is 8.02. The third-order valence-electron chi connectivity index (χ3n) is 2.81. The van der Waals surface area contributed by atoms with E-state index in [-0.39, 0.29) is 0 Å². The van der Waals surface area contributed by atoms with E-state index in [9.17, 15) is 0 Å². The molecule has 0 amide bonds. The van der Waals surface area contributed by atoms with E-state index in [0.29, 0.717) is 6.04 Å². The Bertz CT molecular complexity index is 687. The van der Waals surface area contributed by atoms with Crippen molar-refractivity contribution >= 4 is 16.7 Å². The largest absolute Gasteiger partial charge is 0.367 e. The Morgan fingerprint density at radius 1 is 1.11 bits per heavy atom. The van der Waals surface area contributed by atoms with E-state index >= 15 is 0 Å². The van der Waals surface area contributed by atoms with Gasteiger partial charge in [-0.2, -0.15) is 5.10 Å². The highest BCUT2D eigenvalue weighted by molar-refractivity contribution is 5.99. The molecule has 5 heteroatoms. The van der Waals surface area contributed by atoms with Crippen LogP contribution in [0.1, 0.15) is 13.8 Å². The van der Waals surface area contributed by atoms with Gasteiger partial charge in [0.1, 0.15) is 11.5 Å². The van der Waals surface area contributed by atoms with Crippen molar-refractivity contribution in [2.24, 2.45) is 0 Å². The first-order valence-electron chi connectivity index (χ1n) is 6.26. The van der Waals surface area contributed by atoms with E-state index in [0.717, 1.165) is 28.1 Å². The van der Waals surface area contributed by atoms with E-state index < -0.39 is 0 Å². The van der Waals surface area contributed by atoms with Crippen molar-refractivity contribution in [3.63, 3.8) is 0 Å². The molecule has 0 aliphatic heterocycles. The fourth-order valence-corrected chi connectivity index (χ4v) is 2.04. The summed E-state index contributed by atoms with van der Waals surface area (Å²) in [5.74, 6) is 0.835. The molecule has 0 aliphatic carbocycles. The molecule has 3 aromatic heterocycles. The lowest BCUT2D eigenvalue weighted by Crippen LogP contribution is -2.11. The van der Waals surface area contributed by atoms with Gasteiger partial charge < -0.3 is 5.32 Å². The van der Waals surface area contributed by atoms with Gasteiger partial charge in [0.25, 0.3) is 0 Å². The Kier molecular flexibility index (Phi) is 2.87. The number of aromatic amines is 1. The van der Waals surface area contributed by atoms with Gasteiger partial charge in [-0.1, -0.05) is 6.07 Å². The highest BCUT2D eigenvalue weighted by atomic mass is 15.1. The second-order valence-electron chi connectivity index (χ2n) is 4.67. The lowest BCUT2D eigenvalue weighted by Gasteiger charge is -2.10. The lowest BCUT2D eigenvalue weighted by molar-refractivity contribution is 0.892. The minimum Gasteiger partial charge on any atom is -0.367 e. The first-order chi connectivity index (χ1) is 9.25. The summed E-state index contributed by atoms with van der Waals surface area (Å²) >= 11 is 0. The number of H-pyrrole nitrogens is 1. The minimum atomic E-state index is 0.310. The predicted octanol–water partition coefficient (Wildman–Crippen LogP) is 2.84. The molecule has 0 fully saturated rings. The van der Waals surface area contributed by atoms with Gasteiger partial charge in [0.15, 0.2) is 0 Å². The number of hydrogen-bond acceptors (Lipinski definition) is 4. The average molecular weight is 253 g/mol. The van der Waals surface area contributed by atoms with E-state index in [1.807, 2.05) is 24.3 Å². The topological polar surface area (TPSA) is 66.5 Å². The zero-order valence-electron chi connectivity index (χ0n) is 10.9. The number of pyridine rings is 2. The van der Waals surface area contributed by atoms with Gasteiger partial charge in [0, 0.05) is 18.4 Å². The Balaban J connectivity index is 2.21. The van der Waals surface area contributed by atoms with E-state index in [1.165, 1.54) is 0 Å². The van der Waals surface area contributed by atoms with Crippen LogP contribution < -0.4 is 5.32 Å². The first-order valence-corrected chi connectivity index (χ1v) is 6.26. The number of nitrogens with zero attached hydrogens (tertiary/aromatic N) is 3. The van der Waals surface area contributed by atoms with E-state index in [1.54, 1.807) is 12.4 Å². The standard InChI is InChI=1S/C14H15N5/c1-9(2)17-14-12-10(6-8-16-14)18-19-13(12)11-5-3-4-7-15-11/h3-9H,1-2H3,(H,16,17)(H,18,19). The quantitative estimate of drug-likeness (QED) is 0.753. The smallest absolute Gasteiger partial charge is 0.137 e. The number of rotatable bonds is 3. The van der Waals surface area contributed by atoms with Crippen LogP contribution in [0.25, 0.3) is 22.3 Å². The maximum absolute atomic E-state index is 4.41. The third kappa shape index (κ3) is 2.14. The molecular weight excluding hydrogens is 238 g/mol. The van der Waals surface area contributed by atoms with Crippen LogP contribution in [0.3, 0.4) is 0 Å². The van der Waals surface area contributed by atoms with Gasteiger partial charge in [-0.3, -0.25) is 10.1 Å². The van der Waals surface area contributed by atoms with Crippen molar-refractivity contribution in [2.75, 3.05) is 5.32 Å². The average Bonchev–Trinajstić information content (AvgIpc) is 2.84. The molecule has 0 aromatic carbocycles. The summed E-state index contributed by atoms with van der Waals surface area (Å²) in [7, 11) is 0. The van der Waals surface area contributed by atoms with Crippen LogP contribution in [0.5, 0.6) is 0 Å². The number of nitrogens with one attached hydrogen (secondary N) is 2. The highest BCUT2D eigenvalue weighted by Gasteiger charge is 2.14. The Morgan fingerprint density at radius 2 is 2.00 bits per heavy atom. The number of hydrogen-bond donors (Lipinski definition) is 2. The zero-order chi connectivity index (χ0) is 13.2. The molecule has 5 nitrogen and oxygen atoms in total. The Hall–Kier alpha value is -2.43. The molecule has 0 spiro atoms. The molecule has 0 atom stereocenters. The summed E-state index contributed by atoms with van der Waals surface area (Å²) in [5.41, 5.74) is 2.62. The predicted molar refractivity (Wildman–Crippen MR) is 75.9 cm³/mol. The fraction of sp³-hybridized carbons (Fsp3) is 0.214. The van der Waals surface area contributed by atoms with Crippen molar-refractivity contribution in [1.82, 2.24) is 20.2 Å². The molecule has 0 saturated heterocycles. The van der Waals surface area contributed by atoms with Crippen LogP contribution in [0.15, 0.2) is 36.7 Å². The van der Waals surface area contributed by atoms with Gasteiger partial charge >= 0.3 is 0 Å². The van der Waals surface area contributed by atoms with Gasteiger partial charge in [-0.05, 0) is 32.0 Å². The van der Waals surface area contributed by atoms with Crippen LogP contribution in [-0.2, 0) is 0 Å². The van der Waals surface area contributed by atoms with Crippen LogP contribution in [0, 0.1) is 0 Å². The summed E-state index contributed by atoms with van der Waals surface area (Å²) in [5, 5.41) is 11.7. The van der Waals surface area contributed by atoms with Crippen LogP contribution in [-0.4, -0.2) is 26.2 Å². The van der Waals surface area contributed by atoms with Crippen LogP contribution >= 0.6 is 0 Å². The summed E-state index contributed by atoms with van der Waals surface area (Å²) in [6.45, 7) is 4.17. The maximum Gasteiger partial charge on any atom is 0.137 e. The monoisotopic (exact) mass is 253 g/mol. The second kappa shape index (κ2) is 4.68. The van der Waals surface area contributed by atoms with Gasteiger partial charge in [-0.15, -0.1) is 0 Å². The number of aromatic nitrogens is 4. The molecule has 19 heavy (non-hydrogen) atoms. The first kappa shape index (κ1) is 11.6. The van der Waals surface area contributed by atoms with Gasteiger partial charge in [0.2, 0.25) is 0 Å². The third-order valence-corrected chi connectivity index (χ3v) is 2.81. The summed E-state index contributed by atoms with van der Waals surface area (Å²) in [6.07, 6.45) is 3.54. The molecule has 0 bridgehead atoms. The molecule has 3 rings (SSSR count). The molecule has 3 heterocycles. The summed E-state index contributed by atoms with van der Waals surface area (Å²) in [4.78, 5) is 8.76. The zero-order valence-corrected chi connectivity index (χ0v) is 10.9. The normalized spacial score (nSPS) is 11.1. The highest BCUT2D eigenvalue weighted by Crippen LogP contribution is 2.29. The molecular formula is C14H15N5. The lowest BCUT2D eigenvalue weighted by atomic mass is 10.1. The fourth-order valence-electron chi connectivity index (χ4n) is 2.04. The van der Waals surface area contributed by atoms with Crippen molar-refractivity contribution in [1.29, 1.82) is 0 Å². The molecule has 2 N–H and O–H groups in total. The molecule has 96 valence electrons. The maximum atomic E-state index is 4.41. The Labute approximate surface area is 111 Å². The molecule has 0 unspecified atom stereocenters. The summed E-state index contributed by atoms with van der Waals surface area (Å²) < 4.78 is 0. The molecule has 0 radical (unpaired) electrons. The van der Waals surface area contributed by atoms with Gasteiger partial charge in [0.05, 0.1) is 16.6 Å². The van der Waals surface area contributed by atoms with E-state index in [2.05, 4.69) is 39.3 Å². The second-order valence-corrected chi connectivity index (χ2v) is 4.67. The molecule has 0 saturated carbocycles. The number of fused-ring (bicyclic) bond motifs is 1. The van der Waals surface area contributed by atoms with Crippen molar-refractivity contribution in [3.8, 4) is 11.4 Å². The molecule has 0 aliphatic rings. The van der Waals surface area contributed by atoms with Crippen LogP contribution in [0.4, 0.5) is 5.82 Å². The van der Waals surface area contributed by atoms with Crippen LogP contribution in [0.2, 0.25) is 0 Å². The van der Waals surface area contributed by atoms with Crippen molar-refractivity contribution in [2.45, 2.75) is 19.9 Å². The van der Waals surface area contributed by atoms with Crippen molar-refractivity contribution in [3.05, 3.63) is 36.7 Å². The minimum absolute atomic E-state index is 0.310. The Morgan fingerprint density at radius 3 is 2.74 bits per heavy atom. The number of anilines is 1. The van der Waals surface area contributed by atoms with E-state index in [4.69, 9.17) is 0 Å². The SMILES string of the molecule is CC(C)Nc1nccc2[nH]nc(-c3ccccn3)c12.